The van der Waals surface area contributed by atoms with Crippen molar-refractivity contribution in [1.29, 1.82) is 0 Å². The van der Waals surface area contributed by atoms with Crippen LogP contribution < -0.4 is 5.56 Å². The molecule has 3 rings (SSSR count). The second-order valence-electron chi connectivity index (χ2n) is 5.25. The molecule has 0 saturated heterocycles. The summed E-state index contributed by atoms with van der Waals surface area (Å²) in [5.41, 5.74) is 0.968. The van der Waals surface area contributed by atoms with E-state index < -0.39 is 0 Å². The highest BCUT2D eigenvalue weighted by atomic mass is 16.1. The van der Waals surface area contributed by atoms with E-state index in [1.54, 1.807) is 0 Å². The number of aromatic nitrogens is 2. The maximum Gasteiger partial charge on any atom is 0.272 e. The Morgan fingerprint density at radius 3 is 2.61 bits per heavy atom. The first-order chi connectivity index (χ1) is 8.84. The van der Waals surface area contributed by atoms with Gasteiger partial charge >= 0.3 is 0 Å². The number of hydrogen-bond acceptors (Lipinski definition) is 2. The highest BCUT2D eigenvalue weighted by Gasteiger charge is 2.16. The van der Waals surface area contributed by atoms with Gasteiger partial charge in [0.25, 0.3) is 5.56 Å². The quantitative estimate of drug-likeness (QED) is 0.879. The van der Waals surface area contributed by atoms with Crippen molar-refractivity contribution in [3.8, 4) is 0 Å². The van der Waals surface area contributed by atoms with Gasteiger partial charge in [-0.3, -0.25) is 4.79 Å². The fourth-order valence-electron chi connectivity index (χ4n) is 2.99. The van der Waals surface area contributed by atoms with Crippen molar-refractivity contribution in [2.75, 3.05) is 0 Å². The number of H-pyrrole nitrogens is 1. The van der Waals surface area contributed by atoms with Gasteiger partial charge in [0.15, 0.2) is 0 Å². The molecule has 1 saturated carbocycles. The number of fused-ring (bicyclic) bond motifs is 1. The summed E-state index contributed by atoms with van der Waals surface area (Å²) in [6.45, 7) is 0. The van der Waals surface area contributed by atoms with Crippen molar-refractivity contribution in [2.24, 2.45) is 5.92 Å². The molecule has 1 fully saturated rings. The van der Waals surface area contributed by atoms with Crippen LogP contribution in [0.25, 0.3) is 10.8 Å². The third kappa shape index (κ3) is 2.17. The van der Waals surface area contributed by atoms with E-state index in [1.807, 2.05) is 24.3 Å². The van der Waals surface area contributed by atoms with Gasteiger partial charge in [-0.1, -0.05) is 50.3 Å². The van der Waals surface area contributed by atoms with Gasteiger partial charge in [0.05, 0.1) is 11.1 Å². The SMILES string of the molecule is O=c1[nH]nc(CC2CCCCC2)c2ccccc12. The fourth-order valence-corrected chi connectivity index (χ4v) is 2.99. The van der Waals surface area contributed by atoms with Crippen LogP contribution in [0.3, 0.4) is 0 Å². The molecule has 3 nitrogen and oxygen atoms in total. The first-order valence-corrected chi connectivity index (χ1v) is 6.81. The molecule has 3 heteroatoms. The van der Waals surface area contributed by atoms with E-state index >= 15 is 0 Å². The largest absolute Gasteiger partial charge is 0.272 e. The molecule has 0 bridgehead atoms. The lowest BCUT2D eigenvalue weighted by molar-refractivity contribution is 0.354. The normalized spacial score (nSPS) is 17.1. The molecule has 0 spiro atoms. The highest BCUT2D eigenvalue weighted by Crippen LogP contribution is 2.27. The molecule has 2 aromatic rings. The Balaban J connectivity index is 1.96. The minimum atomic E-state index is -0.0852. The van der Waals surface area contributed by atoms with Crippen molar-refractivity contribution >= 4 is 10.8 Å². The Labute approximate surface area is 106 Å². The summed E-state index contributed by atoms with van der Waals surface area (Å²) in [7, 11) is 0. The van der Waals surface area contributed by atoms with Gasteiger partial charge in [-0.2, -0.15) is 5.10 Å². The minimum absolute atomic E-state index is 0.0852. The zero-order valence-corrected chi connectivity index (χ0v) is 10.5. The lowest BCUT2D eigenvalue weighted by atomic mass is 9.85. The summed E-state index contributed by atoms with van der Waals surface area (Å²) < 4.78 is 0. The zero-order valence-electron chi connectivity index (χ0n) is 10.5. The second-order valence-corrected chi connectivity index (χ2v) is 5.25. The number of benzene rings is 1. The van der Waals surface area contributed by atoms with E-state index in [0.717, 1.165) is 28.8 Å². The van der Waals surface area contributed by atoms with E-state index in [2.05, 4.69) is 10.2 Å². The zero-order chi connectivity index (χ0) is 12.4. The van der Waals surface area contributed by atoms with E-state index in [1.165, 1.54) is 32.1 Å². The maximum atomic E-state index is 11.7. The maximum absolute atomic E-state index is 11.7. The van der Waals surface area contributed by atoms with Crippen LogP contribution in [0.1, 0.15) is 37.8 Å². The summed E-state index contributed by atoms with van der Waals surface area (Å²) in [5.74, 6) is 0.737. The van der Waals surface area contributed by atoms with Gasteiger partial charge in [0.2, 0.25) is 0 Å². The van der Waals surface area contributed by atoms with Gasteiger partial charge in [-0.05, 0) is 18.4 Å². The topological polar surface area (TPSA) is 45.8 Å². The monoisotopic (exact) mass is 242 g/mol. The van der Waals surface area contributed by atoms with Crippen LogP contribution in [-0.2, 0) is 6.42 Å². The Bertz CT molecular complexity index is 597. The smallest absolute Gasteiger partial charge is 0.267 e. The summed E-state index contributed by atoms with van der Waals surface area (Å²) in [6.07, 6.45) is 7.65. The van der Waals surface area contributed by atoms with Crippen LogP contribution in [0.2, 0.25) is 0 Å². The predicted molar refractivity (Wildman–Crippen MR) is 72.6 cm³/mol. The van der Waals surface area contributed by atoms with Gasteiger partial charge < -0.3 is 0 Å². The Morgan fingerprint density at radius 1 is 1.11 bits per heavy atom. The van der Waals surface area contributed by atoms with E-state index in [0.29, 0.717) is 0 Å². The minimum Gasteiger partial charge on any atom is -0.267 e. The highest BCUT2D eigenvalue weighted by molar-refractivity contribution is 5.83. The Kier molecular flexibility index (Phi) is 3.13. The summed E-state index contributed by atoms with van der Waals surface area (Å²) in [6, 6.07) is 7.77. The lowest BCUT2D eigenvalue weighted by Crippen LogP contribution is -2.15. The molecule has 1 N–H and O–H groups in total. The number of nitrogens with one attached hydrogen (secondary N) is 1. The van der Waals surface area contributed by atoms with Gasteiger partial charge in [0.1, 0.15) is 0 Å². The molecule has 0 atom stereocenters. The lowest BCUT2D eigenvalue weighted by Gasteiger charge is -2.21. The predicted octanol–water partition coefficient (Wildman–Crippen LogP) is 3.05. The first-order valence-electron chi connectivity index (χ1n) is 6.81. The van der Waals surface area contributed by atoms with Crippen LogP contribution >= 0.6 is 0 Å². The summed E-state index contributed by atoms with van der Waals surface area (Å²) in [5, 5.41) is 8.67. The van der Waals surface area contributed by atoms with Crippen molar-refractivity contribution < 1.29 is 0 Å². The number of hydrogen-bond donors (Lipinski definition) is 1. The first kappa shape index (κ1) is 11.5. The molecule has 0 amide bonds. The molecule has 94 valence electrons. The molecule has 0 radical (unpaired) electrons. The Morgan fingerprint density at radius 2 is 1.83 bits per heavy atom. The number of aromatic amines is 1. The third-order valence-corrected chi connectivity index (χ3v) is 3.98. The molecule has 1 aromatic heterocycles. The average Bonchev–Trinajstić information content (AvgIpc) is 2.44. The average molecular weight is 242 g/mol. The van der Waals surface area contributed by atoms with Crippen LogP contribution in [0, 0.1) is 5.92 Å². The van der Waals surface area contributed by atoms with E-state index in [4.69, 9.17) is 0 Å². The third-order valence-electron chi connectivity index (χ3n) is 3.98. The molecule has 1 aromatic carbocycles. The fraction of sp³-hybridized carbons (Fsp3) is 0.467. The molecule has 0 unspecified atom stereocenters. The van der Waals surface area contributed by atoms with Crippen LogP contribution in [0.4, 0.5) is 0 Å². The van der Waals surface area contributed by atoms with Crippen LogP contribution in [0.5, 0.6) is 0 Å². The van der Waals surface area contributed by atoms with E-state index in [9.17, 15) is 4.79 Å². The molecule has 18 heavy (non-hydrogen) atoms. The van der Waals surface area contributed by atoms with E-state index in [-0.39, 0.29) is 5.56 Å². The molecular formula is C15H18N2O. The second kappa shape index (κ2) is 4.92. The molecule has 1 heterocycles. The molecular weight excluding hydrogens is 224 g/mol. The van der Waals surface area contributed by atoms with Gasteiger partial charge in [-0.15, -0.1) is 0 Å². The van der Waals surface area contributed by atoms with Crippen molar-refractivity contribution in [2.45, 2.75) is 38.5 Å². The van der Waals surface area contributed by atoms with Gasteiger partial charge in [-0.25, -0.2) is 5.10 Å². The standard InChI is InChI=1S/C15H18N2O/c18-15-13-9-5-4-8-12(13)14(16-17-15)10-11-6-2-1-3-7-11/h4-5,8-9,11H,1-3,6-7,10H2,(H,17,18). The van der Waals surface area contributed by atoms with Gasteiger partial charge in [0, 0.05) is 5.39 Å². The molecule has 1 aliphatic carbocycles. The Hall–Kier alpha value is -1.64. The molecule has 1 aliphatic rings. The number of rotatable bonds is 2. The van der Waals surface area contributed by atoms with Crippen molar-refractivity contribution in [3.63, 3.8) is 0 Å². The van der Waals surface area contributed by atoms with Crippen molar-refractivity contribution in [1.82, 2.24) is 10.2 Å². The number of nitrogens with zero attached hydrogens (tertiary/aromatic N) is 1. The summed E-state index contributed by atoms with van der Waals surface area (Å²) >= 11 is 0. The van der Waals surface area contributed by atoms with Crippen molar-refractivity contribution in [3.05, 3.63) is 40.3 Å². The molecule has 0 aliphatic heterocycles. The summed E-state index contributed by atoms with van der Waals surface area (Å²) in [4.78, 5) is 11.7. The van der Waals surface area contributed by atoms with Crippen LogP contribution in [0.15, 0.2) is 29.1 Å². The van der Waals surface area contributed by atoms with Crippen LogP contribution in [-0.4, -0.2) is 10.2 Å².